The van der Waals surface area contributed by atoms with Gasteiger partial charge in [0.2, 0.25) is 15.9 Å². The number of benzene rings is 2. The van der Waals surface area contributed by atoms with Gasteiger partial charge in [0.05, 0.1) is 17.6 Å². The Balaban J connectivity index is 1.69. The molecule has 1 fully saturated rings. The van der Waals surface area contributed by atoms with Crippen molar-refractivity contribution in [2.75, 3.05) is 48.2 Å². The maximum absolute atomic E-state index is 14.1. The van der Waals surface area contributed by atoms with E-state index in [1.807, 2.05) is 4.90 Å². The van der Waals surface area contributed by atoms with E-state index in [4.69, 9.17) is 0 Å². The fraction of sp³-hybridized carbons (Fsp3) is 0.316. The van der Waals surface area contributed by atoms with Crippen molar-refractivity contribution in [3.8, 4) is 0 Å². The van der Waals surface area contributed by atoms with Crippen LogP contribution in [0.4, 0.5) is 20.2 Å². The number of carbonyl (C=O) groups is 1. The number of amides is 1. The fourth-order valence-electron chi connectivity index (χ4n) is 3.16. The highest BCUT2D eigenvalue weighted by molar-refractivity contribution is 7.92. The van der Waals surface area contributed by atoms with Gasteiger partial charge in [0, 0.05) is 26.2 Å². The standard InChI is InChI=1S/C19H21F2N3O3S/c1-28(26,27)24(18-9-5-3-7-16(18)21)14-19(25)23-12-10-22(11-13-23)17-8-4-2-6-15(17)20/h2-9H,10-14H2,1H3. The Labute approximate surface area is 163 Å². The summed E-state index contributed by atoms with van der Waals surface area (Å²) in [4.78, 5) is 16.0. The second-order valence-corrected chi connectivity index (χ2v) is 8.45. The van der Waals surface area contributed by atoms with E-state index in [-0.39, 0.29) is 11.5 Å². The largest absolute Gasteiger partial charge is 0.366 e. The lowest BCUT2D eigenvalue weighted by Gasteiger charge is -2.37. The molecular weight excluding hydrogens is 388 g/mol. The Morgan fingerprint density at radius 1 is 0.964 bits per heavy atom. The van der Waals surface area contributed by atoms with Crippen LogP contribution in [0.3, 0.4) is 0 Å². The summed E-state index contributed by atoms with van der Waals surface area (Å²) in [5.41, 5.74) is 0.307. The molecule has 0 aromatic heterocycles. The smallest absolute Gasteiger partial charge is 0.243 e. The highest BCUT2D eigenvalue weighted by atomic mass is 32.2. The molecule has 1 aliphatic heterocycles. The van der Waals surface area contributed by atoms with Gasteiger partial charge in [-0.3, -0.25) is 9.10 Å². The topological polar surface area (TPSA) is 60.9 Å². The summed E-state index contributed by atoms with van der Waals surface area (Å²) in [6, 6.07) is 11.8. The number of halogens is 2. The molecule has 1 saturated heterocycles. The number of anilines is 2. The molecule has 3 rings (SSSR count). The first-order chi connectivity index (χ1) is 13.3. The zero-order valence-corrected chi connectivity index (χ0v) is 16.2. The predicted octanol–water partition coefficient (Wildman–Crippen LogP) is 2.08. The molecule has 1 heterocycles. The Hall–Kier alpha value is -2.68. The van der Waals surface area contributed by atoms with E-state index in [2.05, 4.69) is 0 Å². The van der Waals surface area contributed by atoms with Crippen molar-refractivity contribution in [2.45, 2.75) is 0 Å². The van der Waals surface area contributed by atoms with Crippen molar-refractivity contribution in [3.05, 3.63) is 60.2 Å². The average Bonchev–Trinajstić information content (AvgIpc) is 2.66. The Morgan fingerprint density at radius 3 is 2.11 bits per heavy atom. The van der Waals surface area contributed by atoms with E-state index in [1.165, 1.54) is 29.2 Å². The van der Waals surface area contributed by atoms with Gasteiger partial charge >= 0.3 is 0 Å². The van der Waals surface area contributed by atoms with Gasteiger partial charge in [-0.1, -0.05) is 24.3 Å². The maximum Gasteiger partial charge on any atom is 0.243 e. The molecule has 0 spiro atoms. The number of para-hydroxylation sites is 2. The van der Waals surface area contributed by atoms with Crippen LogP contribution in [0.25, 0.3) is 0 Å². The van der Waals surface area contributed by atoms with Crippen LogP contribution >= 0.6 is 0 Å². The van der Waals surface area contributed by atoms with Gasteiger partial charge in [-0.2, -0.15) is 0 Å². The number of hydrogen-bond donors (Lipinski definition) is 0. The Morgan fingerprint density at radius 2 is 1.54 bits per heavy atom. The highest BCUT2D eigenvalue weighted by Crippen LogP contribution is 2.23. The molecule has 0 unspecified atom stereocenters. The van der Waals surface area contributed by atoms with Crippen LogP contribution in [0.1, 0.15) is 0 Å². The van der Waals surface area contributed by atoms with Gasteiger partial charge in [0.15, 0.2) is 0 Å². The molecule has 2 aromatic rings. The quantitative estimate of drug-likeness (QED) is 0.759. The van der Waals surface area contributed by atoms with Crippen LogP contribution in [0.5, 0.6) is 0 Å². The molecule has 0 atom stereocenters. The van der Waals surface area contributed by atoms with Crippen LogP contribution in [0.15, 0.2) is 48.5 Å². The van der Waals surface area contributed by atoms with Gasteiger partial charge in [-0.15, -0.1) is 0 Å². The fourth-order valence-corrected chi connectivity index (χ4v) is 4.01. The molecule has 1 aliphatic rings. The maximum atomic E-state index is 14.1. The van der Waals surface area contributed by atoms with Crippen molar-refractivity contribution < 1.29 is 22.0 Å². The van der Waals surface area contributed by atoms with Crippen LogP contribution in [0, 0.1) is 11.6 Å². The zero-order chi connectivity index (χ0) is 20.3. The normalized spacial score (nSPS) is 14.8. The summed E-state index contributed by atoms with van der Waals surface area (Å²) in [5, 5.41) is 0. The van der Waals surface area contributed by atoms with Gasteiger partial charge in [-0.05, 0) is 24.3 Å². The third-order valence-corrected chi connectivity index (χ3v) is 5.75. The first-order valence-electron chi connectivity index (χ1n) is 8.77. The minimum atomic E-state index is -3.85. The molecule has 150 valence electrons. The molecule has 0 saturated carbocycles. The molecule has 0 aliphatic carbocycles. The first-order valence-corrected chi connectivity index (χ1v) is 10.6. The summed E-state index contributed by atoms with van der Waals surface area (Å²) >= 11 is 0. The lowest BCUT2D eigenvalue weighted by molar-refractivity contribution is -0.129. The second-order valence-electron chi connectivity index (χ2n) is 6.54. The number of carbonyl (C=O) groups excluding carboxylic acids is 1. The van der Waals surface area contributed by atoms with Crippen molar-refractivity contribution in [3.63, 3.8) is 0 Å². The molecule has 1 amide bonds. The minimum Gasteiger partial charge on any atom is -0.366 e. The summed E-state index contributed by atoms with van der Waals surface area (Å²) in [6.07, 6.45) is 0.933. The number of rotatable bonds is 5. The van der Waals surface area contributed by atoms with Crippen molar-refractivity contribution in [1.82, 2.24) is 4.90 Å². The molecule has 6 nitrogen and oxygen atoms in total. The third-order valence-electron chi connectivity index (χ3n) is 4.63. The molecule has 0 N–H and O–H groups in total. The number of piperazine rings is 1. The zero-order valence-electron chi connectivity index (χ0n) is 15.4. The van der Waals surface area contributed by atoms with Gasteiger partial charge in [0.1, 0.15) is 18.2 Å². The first kappa shape index (κ1) is 20.1. The highest BCUT2D eigenvalue weighted by Gasteiger charge is 2.28. The summed E-state index contributed by atoms with van der Waals surface area (Å²) < 4.78 is 53.0. The lowest BCUT2D eigenvalue weighted by atomic mass is 10.2. The molecular formula is C19H21F2N3O3S. The van der Waals surface area contributed by atoms with Gasteiger partial charge < -0.3 is 9.80 Å². The molecule has 2 aromatic carbocycles. The van der Waals surface area contributed by atoms with Crippen LogP contribution in [-0.4, -0.2) is 58.2 Å². The Bertz CT molecular complexity index is 960. The Kier molecular flexibility index (Phi) is 5.83. The van der Waals surface area contributed by atoms with E-state index in [0.29, 0.717) is 31.9 Å². The average molecular weight is 409 g/mol. The number of sulfonamides is 1. The van der Waals surface area contributed by atoms with Gasteiger partial charge in [-0.25, -0.2) is 17.2 Å². The summed E-state index contributed by atoms with van der Waals surface area (Å²) in [5.74, 6) is -1.47. The van der Waals surface area contributed by atoms with Crippen LogP contribution in [0.2, 0.25) is 0 Å². The molecule has 28 heavy (non-hydrogen) atoms. The van der Waals surface area contributed by atoms with E-state index < -0.39 is 28.3 Å². The number of nitrogens with zero attached hydrogens (tertiary/aromatic N) is 3. The summed E-state index contributed by atoms with van der Waals surface area (Å²) in [7, 11) is -3.85. The van der Waals surface area contributed by atoms with E-state index in [0.717, 1.165) is 16.6 Å². The predicted molar refractivity (Wildman–Crippen MR) is 104 cm³/mol. The minimum absolute atomic E-state index is 0.164. The van der Waals surface area contributed by atoms with Crippen molar-refractivity contribution >= 4 is 27.3 Å². The number of hydrogen-bond acceptors (Lipinski definition) is 4. The molecule has 9 heteroatoms. The van der Waals surface area contributed by atoms with E-state index >= 15 is 0 Å². The summed E-state index contributed by atoms with van der Waals surface area (Å²) in [6.45, 7) is 1.00. The van der Waals surface area contributed by atoms with E-state index in [9.17, 15) is 22.0 Å². The van der Waals surface area contributed by atoms with E-state index in [1.54, 1.807) is 18.2 Å². The molecule has 0 radical (unpaired) electrons. The van der Waals surface area contributed by atoms with Crippen molar-refractivity contribution in [1.29, 1.82) is 0 Å². The second kappa shape index (κ2) is 8.14. The lowest BCUT2D eigenvalue weighted by Crippen LogP contribution is -2.52. The van der Waals surface area contributed by atoms with Crippen LogP contribution in [-0.2, 0) is 14.8 Å². The monoisotopic (exact) mass is 409 g/mol. The van der Waals surface area contributed by atoms with Crippen LogP contribution < -0.4 is 9.21 Å². The SMILES string of the molecule is CS(=O)(=O)N(CC(=O)N1CCN(c2ccccc2F)CC1)c1ccccc1F. The van der Waals surface area contributed by atoms with Crippen molar-refractivity contribution in [2.24, 2.45) is 0 Å². The third kappa shape index (κ3) is 4.41. The van der Waals surface area contributed by atoms with Gasteiger partial charge in [0.25, 0.3) is 0 Å². The molecule has 0 bridgehead atoms.